The molecule has 2 fully saturated rings. The SMILES string of the molecule is CCNC(=NCc1ccc(N2CCCC2=O)cc1)N1CCN(c2ncccn2)CC1. The van der Waals surface area contributed by atoms with Gasteiger partial charge >= 0.3 is 0 Å². The van der Waals surface area contributed by atoms with Gasteiger partial charge in [-0.25, -0.2) is 15.0 Å². The van der Waals surface area contributed by atoms with Crippen LogP contribution in [0.25, 0.3) is 0 Å². The lowest BCUT2D eigenvalue weighted by molar-refractivity contribution is -0.117. The molecular weight excluding hydrogens is 378 g/mol. The number of hydrogen-bond donors (Lipinski definition) is 1. The molecule has 2 saturated heterocycles. The molecule has 1 aromatic carbocycles. The fourth-order valence-electron chi connectivity index (χ4n) is 3.87. The van der Waals surface area contributed by atoms with Crippen LogP contribution in [-0.2, 0) is 11.3 Å². The first-order chi connectivity index (χ1) is 14.7. The number of benzene rings is 1. The Morgan fingerprint density at radius 3 is 2.43 bits per heavy atom. The Kier molecular flexibility index (Phi) is 6.41. The van der Waals surface area contributed by atoms with Gasteiger partial charge in [0.2, 0.25) is 11.9 Å². The predicted molar refractivity (Wildman–Crippen MR) is 119 cm³/mol. The van der Waals surface area contributed by atoms with Crippen LogP contribution in [0.2, 0.25) is 0 Å². The standard InChI is InChI=1S/C22H29N7O/c1-2-23-21(27-13-15-28(16-14-27)22-24-10-4-11-25-22)26-17-18-6-8-19(9-7-18)29-12-3-5-20(29)30/h4,6-11H,2-3,5,12-17H2,1H3,(H,23,26). The lowest BCUT2D eigenvalue weighted by Gasteiger charge is -2.36. The predicted octanol–water partition coefficient (Wildman–Crippen LogP) is 1.89. The van der Waals surface area contributed by atoms with Crippen molar-refractivity contribution in [3.05, 3.63) is 48.3 Å². The van der Waals surface area contributed by atoms with Crippen LogP contribution in [0.3, 0.4) is 0 Å². The summed E-state index contributed by atoms with van der Waals surface area (Å²) in [6.45, 7) is 7.84. The molecule has 1 aromatic heterocycles. The number of aromatic nitrogens is 2. The van der Waals surface area contributed by atoms with E-state index < -0.39 is 0 Å². The highest BCUT2D eigenvalue weighted by molar-refractivity contribution is 5.95. The van der Waals surface area contributed by atoms with E-state index in [1.54, 1.807) is 12.4 Å². The minimum atomic E-state index is 0.218. The maximum Gasteiger partial charge on any atom is 0.227 e. The van der Waals surface area contributed by atoms with Crippen molar-refractivity contribution in [3.63, 3.8) is 0 Å². The van der Waals surface area contributed by atoms with Crippen LogP contribution in [0.1, 0.15) is 25.3 Å². The number of carbonyl (C=O) groups excluding carboxylic acids is 1. The fraction of sp³-hybridized carbons (Fsp3) is 0.455. The third kappa shape index (κ3) is 4.69. The fourth-order valence-corrected chi connectivity index (χ4v) is 3.87. The van der Waals surface area contributed by atoms with Crippen molar-refractivity contribution in [1.82, 2.24) is 20.2 Å². The van der Waals surface area contributed by atoms with Crippen molar-refractivity contribution >= 4 is 23.5 Å². The Bertz CT molecular complexity index is 861. The highest BCUT2D eigenvalue weighted by Gasteiger charge is 2.22. The Morgan fingerprint density at radius 2 is 1.80 bits per heavy atom. The van der Waals surface area contributed by atoms with Crippen LogP contribution in [-0.4, -0.2) is 66.0 Å². The van der Waals surface area contributed by atoms with E-state index in [1.165, 1.54) is 0 Å². The zero-order chi connectivity index (χ0) is 20.8. The molecule has 1 amide bonds. The van der Waals surface area contributed by atoms with Crippen molar-refractivity contribution in [3.8, 4) is 0 Å². The molecule has 0 unspecified atom stereocenters. The second kappa shape index (κ2) is 9.56. The first-order valence-electron chi connectivity index (χ1n) is 10.7. The number of amides is 1. The minimum absolute atomic E-state index is 0.218. The summed E-state index contributed by atoms with van der Waals surface area (Å²) in [7, 11) is 0. The molecule has 0 radical (unpaired) electrons. The van der Waals surface area contributed by atoms with E-state index in [0.29, 0.717) is 13.0 Å². The summed E-state index contributed by atoms with van der Waals surface area (Å²) < 4.78 is 0. The van der Waals surface area contributed by atoms with Gasteiger partial charge in [0.15, 0.2) is 5.96 Å². The van der Waals surface area contributed by atoms with E-state index in [9.17, 15) is 4.79 Å². The lowest BCUT2D eigenvalue weighted by Crippen LogP contribution is -2.52. The summed E-state index contributed by atoms with van der Waals surface area (Å²) >= 11 is 0. The highest BCUT2D eigenvalue weighted by atomic mass is 16.2. The molecule has 3 heterocycles. The molecule has 0 aliphatic carbocycles. The smallest absolute Gasteiger partial charge is 0.227 e. The number of carbonyl (C=O) groups is 1. The van der Waals surface area contributed by atoms with Gasteiger partial charge in [0.1, 0.15) is 0 Å². The van der Waals surface area contributed by atoms with Crippen LogP contribution >= 0.6 is 0 Å². The molecule has 0 atom stereocenters. The first kappa shape index (κ1) is 20.1. The molecule has 1 N–H and O–H groups in total. The number of nitrogens with zero attached hydrogens (tertiary/aromatic N) is 6. The van der Waals surface area contributed by atoms with Crippen molar-refractivity contribution in [1.29, 1.82) is 0 Å². The van der Waals surface area contributed by atoms with Gasteiger partial charge in [-0.3, -0.25) is 4.79 Å². The monoisotopic (exact) mass is 407 g/mol. The second-order valence-electron chi connectivity index (χ2n) is 7.51. The number of hydrogen-bond acceptors (Lipinski definition) is 5. The van der Waals surface area contributed by atoms with Crippen LogP contribution in [0.15, 0.2) is 47.7 Å². The van der Waals surface area contributed by atoms with Crippen LogP contribution < -0.4 is 15.1 Å². The van der Waals surface area contributed by atoms with Crippen molar-refractivity contribution < 1.29 is 4.79 Å². The normalized spacial score (nSPS) is 17.6. The maximum atomic E-state index is 11.9. The molecule has 4 rings (SSSR count). The van der Waals surface area contributed by atoms with Crippen LogP contribution in [0.4, 0.5) is 11.6 Å². The Labute approximate surface area is 177 Å². The minimum Gasteiger partial charge on any atom is -0.357 e. The number of anilines is 2. The highest BCUT2D eigenvalue weighted by Crippen LogP contribution is 2.21. The quantitative estimate of drug-likeness (QED) is 0.603. The van der Waals surface area contributed by atoms with Crippen LogP contribution in [0.5, 0.6) is 0 Å². The van der Waals surface area contributed by atoms with E-state index >= 15 is 0 Å². The summed E-state index contributed by atoms with van der Waals surface area (Å²) in [6, 6.07) is 10.0. The Hall–Kier alpha value is -3.16. The lowest BCUT2D eigenvalue weighted by atomic mass is 10.2. The van der Waals surface area contributed by atoms with Crippen molar-refractivity contribution in [2.75, 3.05) is 49.1 Å². The molecule has 8 heteroatoms. The molecule has 30 heavy (non-hydrogen) atoms. The molecule has 0 spiro atoms. The van der Waals surface area contributed by atoms with E-state index in [2.05, 4.69) is 44.1 Å². The van der Waals surface area contributed by atoms with Crippen LogP contribution in [0, 0.1) is 0 Å². The van der Waals surface area contributed by atoms with Gasteiger partial charge in [0, 0.05) is 63.8 Å². The van der Waals surface area contributed by atoms with E-state index in [-0.39, 0.29) is 5.91 Å². The molecule has 0 saturated carbocycles. The van der Waals surface area contributed by atoms with Gasteiger partial charge in [-0.2, -0.15) is 0 Å². The van der Waals surface area contributed by atoms with Gasteiger partial charge in [0.05, 0.1) is 6.54 Å². The zero-order valence-electron chi connectivity index (χ0n) is 17.5. The maximum absolute atomic E-state index is 11.9. The summed E-state index contributed by atoms with van der Waals surface area (Å²) in [4.78, 5) is 31.8. The largest absolute Gasteiger partial charge is 0.357 e. The average molecular weight is 408 g/mol. The van der Waals surface area contributed by atoms with Gasteiger partial charge < -0.3 is 20.0 Å². The van der Waals surface area contributed by atoms with Gasteiger partial charge in [0.25, 0.3) is 0 Å². The third-order valence-corrected chi connectivity index (χ3v) is 5.48. The van der Waals surface area contributed by atoms with Crippen molar-refractivity contribution in [2.24, 2.45) is 4.99 Å². The van der Waals surface area contributed by atoms with Gasteiger partial charge in [-0.1, -0.05) is 12.1 Å². The molecule has 0 bridgehead atoms. The molecule has 8 nitrogen and oxygen atoms in total. The zero-order valence-corrected chi connectivity index (χ0v) is 17.5. The molecule has 2 aliphatic rings. The molecule has 158 valence electrons. The molecular formula is C22H29N7O. The summed E-state index contributed by atoms with van der Waals surface area (Å²) in [5, 5.41) is 3.41. The first-order valence-corrected chi connectivity index (χ1v) is 10.7. The summed E-state index contributed by atoms with van der Waals surface area (Å²) in [6.07, 6.45) is 5.17. The number of piperazine rings is 1. The van der Waals surface area contributed by atoms with E-state index in [0.717, 1.165) is 68.8 Å². The number of guanidine groups is 1. The summed E-state index contributed by atoms with van der Waals surface area (Å²) in [5.41, 5.74) is 2.12. The van der Waals surface area contributed by atoms with Gasteiger partial charge in [-0.05, 0) is 37.1 Å². The number of rotatable bonds is 5. The second-order valence-corrected chi connectivity index (χ2v) is 7.51. The topological polar surface area (TPSA) is 77.0 Å². The Balaban J connectivity index is 1.36. The van der Waals surface area contributed by atoms with Gasteiger partial charge in [-0.15, -0.1) is 0 Å². The Morgan fingerprint density at radius 1 is 1.07 bits per heavy atom. The van der Waals surface area contributed by atoms with E-state index in [4.69, 9.17) is 4.99 Å². The average Bonchev–Trinajstić information content (AvgIpc) is 3.23. The summed E-state index contributed by atoms with van der Waals surface area (Å²) in [5.74, 6) is 1.94. The number of nitrogens with one attached hydrogen (secondary N) is 1. The number of aliphatic imine (C=N–C) groups is 1. The molecule has 2 aliphatic heterocycles. The molecule has 2 aromatic rings. The van der Waals surface area contributed by atoms with Crippen molar-refractivity contribution in [2.45, 2.75) is 26.3 Å². The van der Waals surface area contributed by atoms with E-state index in [1.807, 2.05) is 23.1 Å². The third-order valence-electron chi connectivity index (χ3n) is 5.48.